The Hall–Kier alpha value is -3.39. The van der Waals surface area contributed by atoms with Crippen molar-refractivity contribution < 1.29 is 19.4 Å². The van der Waals surface area contributed by atoms with E-state index in [0.29, 0.717) is 0 Å². The number of anilines is 1. The molecule has 2 heterocycles. The number of hydrogen-bond acceptors (Lipinski definition) is 5. The van der Waals surface area contributed by atoms with Gasteiger partial charge in [0.25, 0.3) is 0 Å². The molecular weight excluding hydrogens is 360 g/mol. The molecular formula is C17H13ClN4O4. The number of nitrogens with one attached hydrogen (secondary N) is 1. The summed E-state index contributed by atoms with van der Waals surface area (Å²) in [5, 5.41) is 16.0. The number of aromatic nitrogens is 3. The Kier molecular flexibility index (Phi) is 5.14. The lowest BCUT2D eigenvalue weighted by atomic mass is 10.2. The van der Waals surface area contributed by atoms with Crippen molar-refractivity contribution in [3.8, 4) is 5.82 Å². The van der Waals surface area contributed by atoms with Crippen molar-refractivity contribution in [3.63, 3.8) is 0 Å². The fourth-order valence-corrected chi connectivity index (χ4v) is 2.35. The van der Waals surface area contributed by atoms with Gasteiger partial charge in [-0.25, -0.2) is 19.3 Å². The highest BCUT2D eigenvalue weighted by molar-refractivity contribution is 6.32. The van der Waals surface area contributed by atoms with Crippen molar-refractivity contribution in [3.05, 3.63) is 71.0 Å². The SMILES string of the molecule is O=C(Nc1cc(C(=O)O)n(-c2ncccc2Cl)n1)OCc1ccccc1. The predicted octanol–water partition coefficient (Wildman–Crippen LogP) is 3.37. The summed E-state index contributed by atoms with van der Waals surface area (Å²) in [7, 11) is 0. The third-order valence-corrected chi connectivity index (χ3v) is 3.61. The van der Waals surface area contributed by atoms with Crippen molar-refractivity contribution in [2.24, 2.45) is 0 Å². The van der Waals surface area contributed by atoms with Crippen LogP contribution in [-0.2, 0) is 11.3 Å². The minimum atomic E-state index is -1.25. The predicted molar refractivity (Wildman–Crippen MR) is 93.6 cm³/mol. The highest BCUT2D eigenvalue weighted by atomic mass is 35.5. The summed E-state index contributed by atoms with van der Waals surface area (Å²) in [5.74, 6) is -1.11. The molecule has 0 atom stereocenters. The molecule has 8 nitrogen and oxygen atoms in total. The number of nitrogens with zero attached hydrogens (tertiary/aromatic N) is 3. The third kappa shape index (κ3) is 3.98. The number of carbonyl (C=O) groups excluding carboxylic acids is 1. The average Bonchev–Trinajstić information content (AvgIpc) is 3.05. The first-order valence-electron chi connectivity index (χ1n) is 7.46. The topological polar surface area (TPSA) is 106 Å². The number of rotatable bonds is 5. The third-order valence-electron chi connectivity index (χ3n) is 3.31. The maximum absolute atomic E-state index is 11.9. The van der Waals surface area contributed by atoms with Gasteiger partial charge in [-0.05, 0) is 17.7 Å². The van der Waals surface area contributed by atoms with Crippen molar-refractivity contribution in [2.75, 3.05) is 5.32 Å². The number of aromatic carboxylic acids is 1. The van der Waals surface area contributed by atoms with Crippen LogP contribution < -0.4 is 5.32 Å². The van der Waals surface area contributed by atoms with Crippen LogP contribution in [0.15, 0.2) is 54.7 Å². The van der Waals surface area contributed by atoms with E-state index in [1.165, 1.54) is 12.3 Å². The Labute approximate surface area is 153 Å². The molecule has 9 heteroatoms. The van der Waals surface area contributed by atoms with E-state index in [1.807, 2.05) is 30.3 Å². The van der Waals surface area contributed by atoms with Crippen molar-refractivity contribution in [1.29, 1.82) is 0 Å². The number of ether oxygens (including phenoxy) is 1. The van der Waals surface area contributed by atoms with Gasteiger partial charge in [-0.15, -0.1) is 5.10 Å². The minimum absolute atomic E-state index is 0.00202. The molecule has 2 N–H and O–H groups in total. The number of hydrogen-bond donors (Lipinski definition) is 2. The van der Waals surface area contributed by atoms with E-state index < -0.39 is 12.1 Å². The molecule has 0 aliphatic carbocycles. The normalized spacial score (nSPS) is 10.3. The Balaban J connectivity index is 1.76. The number of carboxylic acids is 1. The van der Waals surface area contributed by atoms with Crippen LogP contribution in [0.25, 0.3) is 5.82 Å². The fraction of sp³-hybridized carbons (Fsp3) is 0.0588. The van der Waals surface area contributed by atoms with Gasteiger partial charge in [-0.2, -0.15) is 0 Å². The summed E-state index contributed by atoms with van der Waals surface area (Å²) in [5.41, 5.74) is 0.614. The van der Waals surface area contributed by atoms with Crippen LogP contribution in [0.2, 0.25) is 5.02 Å². The van der Waals surface area contributed by atoms with E-state index in [9.17, 15) is 14.7 Å². The molecule has 0 radical (unpaired) electrons. The van der Waals surface area contributed by atoms with E-state index in [0.717, 1.165) is 10.2 Å². The molecule has 3 rings (SSSR count). The van der Waals surface area contributed by atoms with Gasteiger partial charge < -0.3 is 9.84 Å². The van der Waals surface area contributed by atoms with Gasteiger partial charge in [0.1, 0.15) is 6.61 Å². The second-order valence-electron chi connectivity index (χ2n) is 5.13. The molecule has 132 valence electrons. The smallest absolute Gasteiger partial charge is 0.413 e. The molecule has 3 aromatic rings. The van der Waals surface area contributed by atoms with Crippen LogP contribution in [0.1, 0.15) is 16.1 Å². The van der Waals surface area contributed by atoms with Crippen LogP contribution in [0, 0.1) is 0 Å². The Bertz CT molecular complexity index is 943. The van der Waals surface area contributed by atoms with Gasteiger partial charge in [-0.1, -0.05) is 41.9 Å². The van der Waals surface area contributed by atoms with Crippen LogP contribution in [0.5, 0.6) is 0 Å². The van der Waals surface area contributed by atoms with E-state index in [4.69, 9.17) is 16.3 Å². The number of amides is 1. The highest BCUT2D eigenvalue weighted by Crippen LogP contribution is 2.21. The lowest BCUT2D eigenvalue weighted by Crippen LogP contribution is -2.14. The molecule has 0 bridgehead atoms. The van der Waals surface area contributed by atoms with Gasteiger partial charge in [-0.3, -0.25) is 5.32 Å². The quantitative estimate of drug-likeness (QED) is 0.711. The zero-order valence-electron chi connectivity index (χ0n) is 13.3. The van der Waals surface area contributed by atoms with E-state index >= 15 is 0 Å². The minimum Gasteiger partial charge on any atom is -0.477 e. The van der Waals surface area contributed by atoms with Gasteiger partial charge in [0.05, 0.1) is 5.02 Å². The van der Waals surface area contributed by atoms with Crippen LogP contribution in [-0.4, -0.2) is 31.9 Å². The van der Waals surface area contributed by atoms with Crippen molar-refractivity contribution >= 4 is 29.5 Å². The number of carboxylic acid groups (broad SMARTS) is 1. The maximum Gasteiger partial charge on any atom is 0.413 e. The summed E-state index contributed by atoms with van der Waals surface area (Å²) in [6, 6.07) is 13.5. The van der Waals surface area contributed by atoms with Crippen molar-refractivity contribution in [1.82, 2.24) is 14.8 Å². The standard InChI is InChI=1S/C17H13ClN4O4/c18-12-7-4-8-19-15(12)22-13(16(23)24)9-14(21-22)20-17(25)26-10-11-5-2-1-3-6-11/h1-9H,10H2,(H,23,24)(H,20,21,25). The van der Waals surface area contributed by atoms with Crippen LogP contribution in [0.4, 0.5) is 10.6 Å². The first-order chi connectivity index (χ1) is 12.5. The maximum atomic E-state index is 11.9. The molecule has 0 saturated carbocycles. The van der Waals surface area contributed by atoms with E-state index in [-0.39, 0.29) is 29.0 Å². The second kappa shape index (κ2) is 7.66. The van der Waals surface area contributed by atoms with E-state index in [2.05, 4.69) is 15.4 Å². The summed E-state index contributed by atoms with van der Waals surface area (Å²) < 4.78 is 6.12. The molecule has 0 unspecified atom stereocenters. The van der Waals surface area contributed by atoms with Gasteiger partial charge in [0.15, 0.2) is 17.3 Å². The molecule has 1 aromatic carbocycles. The second-order valence-corrected chi connectivity index (χ2v) is 5.53. The molecule has 0 aliphatic rings. The summed E-state index contributed by atoms with van der Waals surface area (Å²) in [4.78, 5) is 27.4. The zero-order chi connectivity index (χ0) is 18.5. The summed E-state index contributed by atoms with van der Waals surface area (Å²) >= 11 is 6.04. The van der Waals surface area contributed by atoms with Crippen molar-refractivity contribution in [2.45, 2.75) is 6.61 Å². The molecule has 26 heavy (non-hydrogen) atoms. The summed E-state index contributed by atoms with van der Waals surface area (Å²) in [6.45, 7) is 0.0746. The van der Waals surface area contributed by atoms with E-state index in [1.54, 1.807) is 12.1 Å². The molecule has 0 saturated heterocycles. The molecule has 1 amide bonds. The van der Waals surface area contributed by atoms with Gasteiger partial charge in [0, 0.05) is 12.3 Å². The van der Waals surface area contributed by atoms with Crippen LogP contribution in [0.3, 0.4) is 0 Å². The number of carbonyl (C=O) groups is 2. The monoisotopic (exact) mass is 372 g/mol. The Morgan fingerprint density at radius 2 is 1.96 bits per heavy atom. The number of pyridine rings is 1. The lowest BCUT2D eigenvalue weighted by molar-refractivity contribution is 0.0686. The molecule has 0 fully saturated rings. The zero-order valence-corrected chi connectivity index (χ0v) is 14.1. The number of benzene rings is 1. The Morgan fingerprint density at radius 1 is 1.19 bits per heavy atom. The molecule has 2 aromatic heterocycles. The van der Waals surface area contributed by atoms with Gasteiger partial charge in [0.2, 0.25) is 0 Å². The first kappa shape index (κ1) is 17.4. The fourth-order valence-electron chi connectivity index (χ4n) is 2.15. The molecule has 0 aliphatic heterocycles. The number of halogens is 1. The Morgan fingerprint density at radius 3 is 2.65 bits per heavy atom. The molecule has 0 spiro atoms. The average molecular weight is 373 g/mol. The van der Waals surface area contributed by atoms with Crippen LogP contribution >= 0.6 is 11.6 Å². The lowest BCUT2D eigenvalue weighted by Gasteiger charge is -2.05. The summed E-state index contributed by atoms with van der Waals surface area (Å²) in [6.07, 6.45) is 0.693. The van der Waals surface area contributed by atoms with Gasteiger partial charge >= 0.3 is 12.1 Å². The first-order valence-corrected chi connectivity index (χ1v) is 7.84. The largest absolute Gasteiger partial charge is 0.477 e. The highest BCUT2D eigenvalue weighted by Gasteiger charge is 2.19.